The van der Waals surface area contributed by atoms with Crippen molar-refractivity contribution in [2.45, 2.75) is 39.7 Å². The van der Waals surface area contributed by atoms with E-state index in [-0.39, 0.29) is 17.2 Å². The summed E-state index contributed by atoms with van der Waals surface area (Å²) in [7, 11) is 0. The van der Waals surface area contributed by atoms with E-state index in [4.69, 9.17) is 16.3 Å². The van der Waals surface area contributed by atoms with E-state index in [1.165, 1.54) is 0 Å². The van der Waals surface area contributed by atoms with Crippen molar-refractivity contribution >= 4 is 29.1 Å². The van der Waals surface area contributed by atoms with E-state index in [2.05, 4.69) is 15.6 Å². The molecule has 0 aliphatic carbocycles. The summed E-state index contributed by atoms with van der Waals surface area (Å²) in [6.07, 6.45) is 0.863. The standard InChI is InChI=1S/C22H28ClN3O3/c1-5-11-29-20(23)16-7-6-8-17(12-16)26-21(27)18-10-9-15(4)25-19(18)22(28)24-13-14(2)3/h6-10,12,14,20H,5,11,13H2,1-4H3,(H,24,28)(H,26,27). The number of ether oxygens (including phenoxy) is 1. The van der Waals surface area contributed by atoms with Gasteiger partial charge in [-0.2, -0.15) is 0 Å². The summed E-state index contributed by atoms with van der Waals surface area (Å²) in [6.45, 7) is 8.84. The SMILES string of the molecule is CCCOC(Cl)c1cccc(NC(=O)c2ccc(C)nc2C(=O)NCC(C)C)c1. The van der Waals surface area contributed by atoms with Crippen LogP contribution in [0.1, 0.15) is 64.9 Å². The van der Waals surface area contributed by atoms with E-state index in [0.29, 0.717) is 30.5 Å². The normalized spacial score (nSPS) is 11.9. The smallest absolute Gasteiger partial charge is 0.270 e. The highest BCUT2D eigenvalue weighted by molar-refractivity contribution is 6.20. The quantitative estimate of drug-likeness (QED) is 0.580. The van der Waals surface area contributed by atoms with Crippen molar-refractivity contribution in [3.05, 3.63) is 58.9 Å². The van der Waals surface area contributed by atoms with E-state index in [1.54, 1.807) is 37.3 Å². The monoisotopic (exact) mass is 417 g/mol. The van der Waals surface area contributed by atoms with Crippen molar-refractivity contribution in [1.82, 2.24) is 10.3 Å². The van der Waals surface area contributed by atoms with Crippen molar-refractivity contribution in [1.29, 1.82) is 0 Å². The molecule has 1 aromatic carbocycles. The molecular weight excluding hydrogens is 390 g/mol. The van der Waals surface area contributed by atoms with Crippen LogP contribution in [-0.4, -0.2) is 29.9 Å². The third-order valence-corrected chi connectivity index (χ3v) is 4.42. The predicted molar refractivity (Wildman–Crippen MR) is 115 cm³/mol. The summed E-state index contributed by atoms with van der Waals surface area (Å²) in [4.78, 5) is 29.7. The summed E-state index contributed by atoms with van der Waals surface area (Å²) < 4.78 is 5.52. The lowest BCUT2D eigenvalue weighted by atomic mass is 10.1. The van der Waals surface area contributed by atoms with E-state index >= 15 is 0 Å². The number of carbonyl (C=O) groups excluding carboxylic acids is 2. The molecule has 1 heterocycles. The summed E-state index contributed by atoms with van der Waals surface area (Å²) >= 11 is 6.26. The lowest BCUT2D eigenvalue weighted by Crippen LogP contribution is -2.30. The second-order valence-electron chi connectivity index (χ2n) is 7.22. The summed E-state index contributed by atoms with van der Waals surface area (Å²) in [6, 6.07) is 10.5. The number of hydrogen-bond donors (Lipinski definition) is 2. The number of carbonyl (C=O) groups is 2. The van der Waals surface area contributed by atoms with Gasteiger partial charge in [0, 0.05) is 24.5 Å². The second kappa shape index (κ2) is 10.9. The Morgan fingerprint density at radius 3 is 2.62 bits per heavy atom. The van der Waals surface area contributed by atoms with Gasteiger partial charge >= 0.3 is 0 Å². The van der Waals surface area contributed by atoms with Gasteiger partial charge in [0.2, 0.25) is 0 Å². The van der Waals surface area contributed by atoms with Crippen LogP contribution in [0.4, 0.5) is 5.69 Å². The number of benzene rings is 1. The number of alkyl halides is 1. The molecule has 1 aromatic heterocycles. The zero-order chi connectivity index (χ0) is 21.4. The average Bonchev–Trinajstić information content (AvgIpc) is 2.70. The van der Waals surface area contributed by atoms with Crippen molar-refractivity contribution in [3.63, 3.8) is 0 Å². The number of amides is 2. The van der Waals surface area contributed by atoms with Crippen LogP contribution in [0.25, 0.3) is 0 Å². The molecule has 7 heteroatoms. The summed E-state index contributed by atoms with van der Waals surface area (Å²) in [5.74, 6) is -0.484. The number of aryl methyl sites for hydroxylation is 1. The van der Waals surface area contributed by atoms with E-state index in [9.17, 15) is 9.59 Å². The van der Waals surface area contributed by atoms with Crippen molar-refractivity contribution in [2.75, 3.05) is 18.5 Å². The number of nitrogens with one attached hydrogen (secondary N) is 2. The highest BCUT2D eigenvalue weighted by Gasteiger charge is 2.20. The zero-order valence-electron chi connectivity index (χ0n) is 17.3. The maximum atomic E-state index is 12.8. The third-order valence-electron chi connectivity index (χ3n) is 4.04. The zero-order valence-corrected chi connectivity index (χ0v) is 18.0. The van der Waals surface area contributed by atoms with Gasteiger partial charge in [0.05, 0.1) is 5.56 Å². The molecule has 0 saturated heterocycles. The summed E-state index contributed by atoms with van der Waals surface area (Å²) in [5, 5.41) is 5.63. The van der Waals surface area contributed by atoms with Crippen LogP contribution < -0.4 is 10.6 Å². The Hall–Kier alpha value is -2.44. The van der Waals surface area contributed by atoms with Crippen LogP contribution in [0.3, 0.4) is 0 Å². The fourth-order valence-corrected chi connectivity index (χ4v) is 2.79. The largest absolute Gasteiger partial charge is 0.358 e. The highest BCUT2D eigenvalue weighted by atomic mass is 35.5. The molecule has 1 unspecified atom stereocenters. The van der Waals surface area contributed by atoms with Crippen LogP contribution in [0.15, 0.2) is 36.4 Å². The first-order valence-electron chi connectivity index (χ1n) is 9.74. The first kappa shape index (κ1) is 22.8. The van der Waals surface area contributed by atoms with Crippen LogP contribution in [0.5, 0.6) is 0 Å². The third kappa shape index (κ3) is 6.84. The molecule has 2 amide bonds. The Labute approximate surface area is 177 Å². The molecule has 0 radical (unpaired) electrons. The van der Waals surface area contributed by atoms with Gasteiger partial charge in [-0.15, -0.1) is 0 Å². The van der Waals surface area contributed by atoms with Crippen LogP contribution in [0.2, 0.25) is 0 Å². The molecule has 0 fully saturated rings. The molecule has 2 N–H and O–H groups in total. The topological polar surface area (TPSA) is 80.3 Å². The number of rotatable bonds is 9. The summed E-state index contributed by atoms with van der Waals surface area (Å²) in [5.41, 5.74) is 1.71. The van der Waals surface area contributed by atoms with E-state index < -0.39 is 11.5 Å². The Morgan fingerprint density at radius 1 is 1.17 bits per heavy atom. The molecule has 0 aliphatic rings. The minimum Gasteiger partial charge on any atom is -0.358 e. The first-order chi connectivity index (χ1) is 13.8. The van der Waals surface area contributed by atoms with E-state index in [1.807, 2.05) is 26.8 Å². The number of nitrogens with zero attached hydrogens (tertiary/aromatic N) is 1. The molecule has 0 bridgehead atoms. The molecule has 29 heavy (non-hydrogen) atoms. The molecular formula is C22H28ClN3O3. The molecule has 156 valence electrons. The Balaban J connectivity index is 2.20. The molecule has 1 atom stereocenters. The Morgan fingerprint density at radius 2 is 1.93 bits per heavy atom. The fraction of sp³-hybridized carbons (Fsp3) is 0.409. The molecule has 2 aromatic rings. The van der Waals surface area contributed by atoms with Gasteiger partial charge in [0.1, 0.15) is 5.69 Å². The predicted octanol–water partition coefficient (Wildman–Crippen LogP) is 4.69. The van der Waals surface area contributed by atoms with Gasteiger partial charge in [-0.25, -0.2) is 4.98 Å². The molecule has 0 spiro atoms. The molecule has 6 nitrogen and oxygen atoms in total. The highest BCUT2D eigenvalue weighted by Crippen LogP contribution is 2.25. The van der Waals surface area contributed by atoms with Crippen LogP contribution in [-0.2, 0) is 4.74 Å². The number of anilines is 1. The van der Waals surface area contributed by atoms with Gasteiger partial charge < -0.3 is 15.4 Å². The van der Waals surface area contributed by atoms with Gasteiger partial charge in [-0.1, -0.05) is 44.5 Å². The number of aromatic nitrogens is 1. The molecule has 0 saturated carbocycles. The Kier molecular flexibility index (Phi) is 8.61. The first-order valence-corrected chi connectivity index (χ1v) is 10.2. The number of pyridine rings is 1. The maximum Gasteiger partial charge on any atom is 0.270 e. The van der Waals surface area contributed by atoms with Crippen molar-refractivity contribution < 1.29 is 14.3 Å². The van der Waals surface area contributed by atoms with Gasteiger partial charge in [0.25, 0.3) is 11.8 Å². The maximum absolute atomic E-state index is 12.8. The minimum atomic E-state index is -0.592. The van der Waals surface area contributed by atoms with Crippen LogP contribution >= 0.6 is 11.6 Å². The lowest BCUT2D eigenvalue weighted by Gasteiger charge is -2.14. The molecule has 2 rings (SSSR count). The van der Waals surface area contributed by atoms with E-state index in [0.717, 1.165) is 12.0 Å². The van der Waals surface area contributed by atoms with Gasteiger partial charge in [-0.3, -0.25) is 9.59 Å². The second-order valence-corrected chi connectivity index (χ2v) is 7.62. The number of hydrogen-bond acceptors (Lipinski definition) is 4. The number of halogens is 1. The van der Waals surface area contributed by atoms with Gasteiger partial charge in [0.15, 0.2) is 5.56 Å². The van der Waals surface area contributed by atoms with Crippen molar-refractivity contribution in [2.24, 2.45) is 5.92 Å². The molecule has 0 aliphatic heterocycles. The van der Waals surface area contributed by atoms with Crippen LogP contribution in [0, 0.1) is 12.8 Å². The Bertz CT molecular complexity index is 855. The van der Waals surface area contributed by atoms with Gasteiger partial charge in [-0.05, 0) is 49.1 Å². The minimum absolute atomic E-state index is 0.112. The lowest BCUT2D eigenvalue weighted by molar-refractivity contribution is 0.0931. The average molecular weight is 418 g/mol. The fourth-order valence-electron chi connectivity index (χ4n) is 2.57. The van der Waals surface area contributed by atoms with Crippen molar-refractivity contribution in [3.8, 4) is 0 Å².